The number of alkyl halides is 4. The average Bonchev–Trinajstić information content (AvgIpc) is 3.44. The largest absolute Gasteiger partial charge is 0.496 e. The van der Waals surface area contributed by atoms with E-state index >= 15 is 0 Å². The number of carbonyl (C=O) groups excluding carboxylic acids is 1. The molecule has 1 fully saturated rings. The number of hydrogen-bond donors (Lipinski definition) is 2. The summed E-state index contributed by atoms with van der Waals surface area (Å²) in [6, 6.07) is 18.5. The van der Waals surface area contributed by atoms with Gasteiger partial charge in [-0.05, 0) is 86.9 Å². The summed E-state index contributed by atoms with van der Waals surface area (Å²) in [6.45, 7) is 4.01. The number of nitrogens with one attached hydrogen (secondary N) is 2. The van der Waals surface area contributed by atoms with E-state index in [4.69, 9.17) is 9.47 Å². The number of fused-ring (bicyclic) bond motifs is 1. The molecule has 4 aromatic rings. The van der Waals surface area contributed by atoms with Crippen molar-refractivity contribution in [3.63, 3.8) is 0 Å². The van der Waals surface area contributed by atoms with Crippen LogP contribution in [-0.4, -0.2) is 80.8 Å². The number of hydrogen-bond acceptors (Lipinski definition) is 7. The number of aromatic nitrogens is 1. The second-order valence-electron chi connectivity index (χ2n) is 11.8. The molecule has 0 spiro atoms. The number of benzene rings is 3. The minimum absolute atomic E-state index is 0.0435. The van der Waals surface area contributed by atoms with E-state index in [2.05, 4.69) is 27.4 Å². The van der Waals surface area contributed by atoms with Gasteiger partial charge in [0.25, 0.3) is 0 Å². The molecule has 12 heteroatoms. The Bertz CT molecular complexity index is 1810. The molecule has 0 bridgehead atoms. The summed E-state index contributed by atoms with van der Waals surface area (Å²) < 4.78 is 63.5. The standard InChI is InChI=1S/C36H39F3N4O3S.C2H5F/c1-24-10-11-25(19-34(24)45-2)33(44)22-42-17-14-26(15-18-42)41-30-8-5-9-32-29(30)20-27(43(32)23-36(37,38)39)7-6-16-40-31-13-12-28(47-4)21-35(31)46-3;1-2-3/h5,8-13,19-21,26,40-41H,14-18,22-23H2,1-4H3;2H2,1H3. The van der Waals surface area contributed by atoms with Crippen LogP contribution >= 0.6 is 11.8 Å². The highest BCUT2D eigenvalue weighted by molar-refractivity contribution is 7.98. The van der Waals surface area contributed by atoms with Crippen LogP contribution in [0.2, 0.25) is 0 Å². The van der Waals surface area contributed by atoms with Gasteiger partial charge in [0, 0.05) is 40.7 Å². The van der Waals surface area contributed by atoms with Crippen LogP contribution in [0.3, 0.4) is 0 Å². The molecule has 0 radical (unpaired) electrons. The lowest BCUT2D eigenvalue weighted by Crippen LogP contribution is -2.41. The third-order valence-corrected chi connectivity index (χ3v) is 9.05. The molecule has 2 N–H and O–H groups in total. The summed E-state index contributed by atoms with van der Waals surface area (Å²) in [5.74, 6) is 7.36. The van der Waals surface area contributed by atoms with Crippen molar-refractivity contribution in [1.82, 2.24) is 9.47 Å². The highest BCUT2D eigenvalue weighted by Gasteiger charge is 2.30. The quantitative estimate of drug-likeness (QED) is 0.0701. The smallest absolute Gasteiger partial charge is 0.406 e. The molecular formula is C38H44F4N4O3S. The average molecular weight is 713 g/mol. The van der Waals surface area contributed by atoms with Gasteiger partial charge in [0.15, 0.2) is 5.78 Å². The maximum absolute atomic E-state index is 13.7. The van der Waals surface area contributed by atoms with Crippen LogP contribution in [-0.2, 0) is 6.54 Å². The molecule has 2 heterocycles. The first-order valence-corrected chi connectivity index (χ1v) is 17.6. The Morgan fingerprint density at radius 1 is 1.00 bits per heavy atom. The lowest BCUT2D eigenvalue weighted by atomic mass is 10.0. The van der Waals surface area contributed by atoms with Crippen LogP contribution in [0.1, 0.15) is 41.4 Å². The molecule has 3 aromatic carbocycles. The lowest BCUT2D eigenvalue weighted by molar-refractivity contribution is -0.140. The van der Waals surface area contributed by atoms with Crippen LogP contribution in [0.5, 0.6) is 11.5 Å². The van der Waals surface area contributed by atoms with Crippen LogP contribution < -0.4 is 20.1 Å². The Morgan fingerprint density at radius 2 is 1.72 bits per heavy atom. The molecule has 0 unspecified atom stereocenters. The molecular weight excluding hydrogens is 669 g/mol. The second kappa shape index (κ2) is 18.1. The molecule has 0 atom stereocenters. The molecule has 50 heavy (non-hydrogen) atoms. The van der Waals surface area contributed by atoms with Gasteiger partial charge in [-0.15, -0.1) is 11.8 Å². The van der Waals surface area contributed by atoms with Crippen molar-refractivity contribution in [2.24, 2.45) is 0 Å². The lowest BCUT2D eigenvalue weighted by Gasteiger charge is -2.32. The zero-order valence-electron chi connectivity index (χ0n) is 29.0. The van der Waals surface area contributed by atoms with E-state index in [1.807, 2.05) is 49.6 Å². The predicted molar refractivity (Wildman–Crippen MR) is 195 cm³/mol. The summed E-state index contributed by atoms with van der Waals surface area (Å²) >= 11 is 1.60. The van der Waals surface area contributed by atoms with Gasteiger partial charge in [0.1, 0.15) is 18.0 Å². The van der Waals surface area contributed by atoms with E-state index in [9.17, 15) is 22.4 Å². The Kier molecular flexibility index (Phi) is 13.9. The molecule has 1 aromatic heterocycles. The zero-order valence-corrected chi connectivity index (χ0v) is 29.9. The molecule has 268 valence electrons. The van der Waals surface area contributed by atoms with Gasteiger partial charge in [0.05, 0.1) is 50.9 Å². The van der Waals surface area contributed by atoms with E-state index in [1.165, 1.54) is 11.5 Å². The fourth-order valence-corrected chi connectivity index (χ4v) is 6.25. The Labute approximate surface area is 295 Å². The minimum Gasteiger partial charge on any atom is -0.496 e. The monoisotopic (exact) mass is 712 g/mol. The normalized spacial score (nSPS) is 13.5. The van der Waals surface area contributed by atoms with Crippen molar-refractivity contribution >= 4 is 39.8 Å². The number of thioether (sulfide) groups is 1. The number of ketones is 1. The Hall–Kier alpha value is -4.34. The Balaban J connectivity index is 0.00000181. The second-order valence-corrected chi connectivity index (χ2v) is 12.6. The zero-order chi connectivity index (χ0) is 36.3. The van der Waals surface area contributed by atoms with Crippen LogP contribution in [0.4, 0.5) is 28.9 Å². The van der Waals surface area contributed by atoms with Crippen LogP contribution in [0.15, 0.2) is 65.6 Å². The van der Waals surface area contributed by atoms with Gasteiger partial charge in [-0.1, -0.05) is 24.1 Å². The predicted octanol–water partition coefficient (Wildman–Crippen LogP) is 8.45. The van der Waals surface area contributed by atoms with Gasteiger partial charge in [-0.2, -0.15) is 13.2 Å². The molecule has 1 saturated heterocycles. The first kappa shape index (κ1) is 38.5. The van der Waals surface area contributed by atoms with Gasteiger partial charge >= 0.3 is 6.18 Å². The number of methoxy groups -OCH3 is 2. The summed E-state index contributed by atoms with van der Waals surface area (Å²) in [5, 5.41) is 7.46. The highest BCUT2D eigenvalue weighted by Crippen LogP contribution is 2.32. The number of anilines is 2. The number of halogens is 4. The van der Waals surface area contributed by atoms with E-state index in [1.54, 1.807) is 50.2 Å². The minimum atomic E-state index is -4.41. The number of rotatable bonds is 11. The fourth-order valence-electron chi connectivity index (χ4n) is 5.83. The molecule has 0 saturated carbocycles. The molecule has 5 rings (SSSR count). The number of nitrogens with zero attached hydrogens (tertiary/aromatic N) is 2. The number of likely N-dealkylation sites (tertiary alicyclic amines) is 1. The third-order valence-electron chi connectivity index (χ3n) is 8.32. The summed E-state index contributed by atoms with van der Waals surface area (Å²) in [4.78, 5) is 16.1. The maximum atomic E-state index is 13.7. The number of piperidine rings is 1. The topological polar surface area (TPSA) is 67.8 Å². The van der Waals surface area contributed by atoms with Crippen molar-refractivity contribution in [3.05, 3.63) is 77.5 Å². The van der Waals surface area contributed by atoms with E-state index in [-0.39, 0.29) is 25.0 Å². The van der Waals surface area contributed by atoms with Crippen LogP contribution in [0, 0.1) is 18.8 Å². The molecule has 1 aliphatic heterocycles. The van der Waals surface area contributed by atoms with Crippen molar-refractivity contribution in [2.45, 2.75) is 50.3 Å². The van der Waals surface area contributed by atoms with E-state index in [0.29, 0.717) is 40.2 Å². The first-order valence-electron chi connectivity index (χ1n) is 16.4. The van der Waals surface area contributed by atoms with Gasteiger partial charge < -0.3 is 24.7 Å². The summed E-state index contributed by atoms with van der Waals surface area (Å²) in [7, 11) is 3.18. The highest BCUT2D eigenvalue weighted by atomic mass is 32.2. The van der Waals surface area contributed by atoms with Gasteiger partial charge in [-0.25, -0.2) is 0 Å². The van der Waals surface area contributed by atoms with Crippen molar-refractivity contribution in [3.8, 4) is 23.3 Å². The fraction of sp³-hybridized carbons (Fsp3) is 0.395. The number of carbonyl (C=O) groups is 1. The number of aryl methyl sites for hydroxylation is 1. The first-order chi connectivity index (χ1) is 24.0. The number of Topliss-reactive ketones (excluding diaryl/α,β-unsaturated/α-hetero) is 1. The molecule has 0 amide bonds. The third kappa shape index (κ3) is 10.3. The van der Waals surface area contributed by atoms with Gasteiger partial charge in [-0.3, -0.25) is 14.1 Å². The van der Waals surface area contributed by atoms with Crippen molar-refractivity contribution < 1.29 is 31.8 Å². The molecule has 7 nitrogen and oxygen atoms in total. The summed E-state index contributed by atoms with van der Waals surface area (Å²) in [6.07, 6.45) is -0.842. The van der Waals surface area contributed by atoms with Crippen LogP contribution in [0.25, 0.3) is 10.9 Å². The maximum Gasteiger partial charge on any atom is 0.406 e. The Morgan fingerprint density at radius 3 is 2.38 bits per heavy atom. The number of ether oxygens (including phenoxy) is 2. The van der Waals surface area contributed by atoms with E-state index in [0.717, 1.165) is 47.8 Å². The van der Waals surface area contributed by atoms with Crippen molar-refractivity contribution in [1.29, 1.82) is 0 Å². The molecule has 0 aliphatic carbocycles. The SMILES string of the molecule is CCF.COc1cc(C(=O)CN2CCC(Nc3cccc4c3cc(C#CCNc3ccc(SC)cc3OC)n4CC(F)(F)F)CC2)ccc1C. The van der Waals surface area contributed by atoms with Gasteiger partial charge in [0.2, 0.25) is 0 Å². The van der Waals surface area contributed by atoms with E-state index < -0.39 is 12.7 Å². The van der Waals surface area contributed by atoms with Crippen molar-refractivity contribution in [2.75, 3.05) is 64.0 Å². The summed E-state index contributed by atoms with van der Waals surface area (Å²) in [5.41, 5.74) is 3.89. The molecule has 1 aliphatic rings.